The number of nitrogens with zero attached hydrogens (tertiary/aromatic N) is 1. The molecule has 0 fully saturated rings. The maximum atomic E-state index is 2.68. The lowest BCUT2D eigenvalue weighted by Gasteiger charge is -2.55. The Bertz CT molecular complexity index is 2140. The van der Waals surface area contributed by atoms with Gasteiger partial charge in [-0.15, -0.1) is 0 Å². The van der Waals surface area contributed by atoms with Gasteiger partial charge in [-0.2, -0.15) is 0 Å². The van der Waals surface area contributed by atoms with Crippen LogP contribution in [0.1, 0.15) is 93.3 Å². The molecule has 4 aliphatic rings. The summed E-state index contributed by atoms with van der Waals surface area (Å²) in [4.78, 5) is 2.68. The van der Waals surface area contributed by atoms with E-state index in [0.29, 0.717) is 0 Å². The van der Waals surface area contributed by atoms with Gasteiger partial charge in [0, 0.05) is 16.2 Å². The van der Waals surface area contributed by atoms with Crippen molar-refractivity contribution in [2.45, 2.75) is 70.6 Å². The second-order valence-electron chi connectivity index (χ2n) is 14.9. The average Bonchev–Trinajstić information content (AvgIpc) is 3.03. The van der Waals surface area contributed by atoms with E-state index in [4.69, 9.17) is 0 Å². The number of benzene rings is 5. The minimum atomic E-state index is -0.184. The molecule has 9 rings (SSSR count). The van der Waals surface area contributed by atoms with Crippen molar-refractivity contribution in [1.29, 1.82) is 0 Å². The van der Waals surface area contributed by atoms with Gasteiger partial charge in [-0.3, -0.25) is 0 Å². The summed E-state index contributed by atoms with van der Waals surface area (Å²) in [6, 6.07) is 32.7. The smallest absolute Gasteiger partial charge is 0.0544 e. The number of para-hydroxylation sites is 1. The minimum absolute atomic E-state index is 0.120. The normalized spacial score (nSPS) is 19.0. The van der Waals surface area contributed by atoms with Gasteiger partial charge in [0.2, 0.25) is 0 Å². The third-order valence-electron chi connectivity index (χ3n) is 11.4. The second kappa shape index (κ2) is 8.42. The van der Waals surface area contributed by atoms with E-state index in [1.807, 2.05) is 0 Å². The van der Waals surface area contributed by atoms with Crippen molar-refractivity contribution in [3.05, 3.63) is 142 Å². The molecule has 0 saturated carbocycles. The van der Waals surface area contributed by atoms with Crippen molar-refractivity contribution in [2.75, 3.05) is 4.90 Å². The Hall–Kier alpha value is -4.36. The molecule has 3 heterocycles. The third kappa shape index (κ3) is 3.15. The standard InChI is InChI=1S/C43H39N/c1-41(2)32-20-13-21-33-38(32)44-39-34(41)22-28(26-14-8-7-9-15-26)23-35(39)43(5,6)37-25-29(24-36(40(37)44)42(33,3)4)31-19-12-17-27-16-10-11-18-30(27)31/h8,10-25H,7,9H2,1-6H3. The monoisotopic (exact) mass is 569 g/mol. The Morgan fingerprint density at radius 2 is 1.05 bits per heavy atom. The molecule has 0 amide bonds. The molecule has 5 aromatic rings. The van der Waals surface area contributed by atoms with Crippen LogP contribution < -0.4 is 4.90 Å². The zero-order valence-electron chi connectivity index (χ0n) is 26.7. The van der Waals surface area contributed by atoms with Crippen molar-refractivity contribution < 1.29 is 0 Å². The first-order valence-corrected chi connectivity index (χ1v) is 16.3. The van der Waals surface area contributed by atoms with Crippen LogP contribution in [0.2, 0.25) is 0 Å². The molecule has 0 unspecified atom stereocenters. The van der Waals surface area contributed by atoms with Gasteiger partial charge < -0.3 is 4.90 Å². The van der Waals surface area contributed by atoms with Crippen LogP contribution in [0.5, 0.6) is 0 Å². The number of fused-ring (bicyclic) bond motifs is 1. The summed E-state index contributed by atoms with van der Waals surface area (Å²) in [6.45, 7) is 14.7. The molecule has 0 radical (unpaired) electrons. The van der Waals surface area contributed by atoms with E-state index in [-0.39, 0.29) is 16.2 Å². The Morgan fingerprint density at radius 1 is 0.523 bits per heavy atom. The molecule has 0 N–H and O–H groups in total. The Balaban J connectivity index is 1.42. The summed E-state index contributed by atoms with van der Waals surface area (Å²) < 4.78 is 0. The van der Waals surface area contributed by atoms with Crippen LogP contribution in [0.4, 0.5) is 17.1 Å². The molecular formula is C43H39N. The van der Waals surface area contributed by atoms with Gasteiger partial charge in [-0.25, -0.2) is 0 Å². The molecule has 1 heteroatoms. The predicted octanol–water partition coefficient (Wildman–Crippen LogP) is 11.6. The minimum Gasteiger partial charge on any atom is -0.309 e. The number of hydrogen-bond acceptors (Lipinski definition) is 1. The van der Waals surface area contributed by atoms with Gasteiger partial charge in [0.25, 0.3) is 0 Å². The number of hydrogen-bond donors (Lipinski definition) is 0. The first kappa shape index (κ1) is 26.1. The quantitative estimate of drug-likeness (QED) is 0.204. The van der Waals surface area contributed by atoms with Crippen LogP contribution in [0, 0.1) is 0 Å². The van der Waals surface area contributed by atoms with Gasteiger partial charge in [0.05, 0.1) is 17.1 Å². The highest BCUT2D eigenvalue weighted by Gasteiger charge is 2.52. The van der Waals surface area contributed by atoms with Crippen molar-refractivity contribution in [2.24, 2.45) is 0 Å². The lowest BCUT2D eigenvalue weighted by atomic mass is 9.60. The van der Waals surface area contributed by atoms with Gasteiger partial charge in [0.15, 0.2) is 0 Å². The van der Waals surface area contributed by atoms with Crippen molar-refractivity contribution in [1.82, 2.24) is 0 Å². The van der Waals surface area contributed by atoms with Crippen molar-refractivity contribution in [3.63, 3.8) is 0 Å². The fourth-order valence-corrected chi connectivity index (χ4v) is 8.85. The Morgan fingerprint density at radius 3 is 1.66 bits per heavy atom. The molecule has 0 aromatic heterocycles. The fourth-order valence-electron chi connectivity index (χ4n) is 8.85. The third-order valence-corrected chi connectivity index (χ3v) is 11.4. The first-order chi connectivity index (χ1) is 21.1. The van der Waals surface area contributed by atoms with Crippen LogP contribution in [-0.2, 0) is 16.2 Å². The molecule has 44 heavy (non-hydrogen) atoms. The van der Waals surface area contributed by atoms with Gasteiger partial charge >= 0.3 is 0 Å². The number of rotatable bonds is 2. The molecule has 0 atom stereocenters. The Labute approximate surface area is 261 Å². The van der Waals surface area contributed by atoms with E-state index >= 15 is 0 Å². The molecule has 0 saturated heterocycles. The highest BCUT2D eigenvalue weighted by atomic mass is 15.2. The summed E-state index contributed by atoms with van der Waals surface area (Å²) in [5.41, 5.74) is 17.7. The maximum Gasteiger partial charge on any atom is 0.0544 e. The maximum absolute atomic E-state index is 2.68. The molecule has 216 valence electrons. The van der Waals surface area contributed by atoms with Crippen LogP contribution in [0.25, 0.3) is 27.5 Å². The van der Waals surface area contributed by atoms with Crippen LogP contribution in [0.3, 0.4) is 0 Å². The zero-order valence-corrected chi connectivity index (χ0v) is 26.7. The lowest BCUT2D eigenvalue weighted by Crippen LogP contribution is -2.43. The van der Waals surface area contributed by atoms with Gasteiger partial charge in [-0.1, -0.05) is 120 Å². The summed E-state index contributed by atoms with van der Waals surface area (Å²) >= 11 is 0. The predicted molar refractivity (Wildman–Crippen MR) is 187 cm³/mol. The summed E-state index contributed by atoms with van der Waals surface area (Å²) in [5, 5.41) is 2.60. The van der Waals surface area contributed by atoms with Crippen LogP contribution in [-0.4, -0.2) is 0 Å². The van der Waals surface area contributed by atoms with E-state index in [2.05, 4.69) is 150 Å². The number of anilines is 3. The zero-order chi connectivity index (χ0) is 30.2. The van der Waals surface area contributed by atoms with E-state index in [9.17, 15) is 0 Å². The molecule has 1 aliphatic carbocycles. The highest BCUT2D eigenvalue weighted by Crippen LogP contribution is 2.66. The lowest BCUT2D eigenvalue weighted by molar-refractivity contribution is 0.566. The van der Waals surface area contributed by atoms with Crippen LogP contribution >= 0.6 is 0 Å². The average molecular weight is 570 g/mol. The van der Waals surface area contributed by atoms with Crippen molar-refractivity contribution in [3.8, 4) is 11.1 Å². The summed E-state index contributed by atoms with van der Waals surface area (Å²) in [6.07, 6.45) is 9.34. The van der Waals surface area contributed by atoms with Crippen molar-refractivity contribution >= 4 is 33.4 Å². The fraction of sp³-hybridized carbons (Fsp3) is 0.256. The molecule has 5 aromatic carbocycles. The SMILES string of the molecule is CC1(C)c2cccc3c2N2c4c1cc(C1=CCCC=C1)cc4C(C)(C)c1cc(-c4cccc5ccccc45)cc(c12)C3(C)C. The molecule has 1 nitrogen and oxygen atoms in total. The highest BCUT2D eigenvalue weighted by molar-refractivity contribution is 6.02. The van der Waals surface area contributed by atoms with Crippen LogP contribution in [0.15, 0.2) is 103 Å². The molecule has 0 spiro atoms. The summed E-state index contributed by atoms with van der Waals surface area (Å²) in [5.74, 6) is 0. The second-order valence-corrected chi connectivity index (χ2v) is 14.9. The van der Waals surface area contributed by atoms with E-state index < -0.39 is 0 Å². The van der Waals surface area contributed by atoms with E-state index in [1.54, 1.807) is 0 Å². The molecular weight excluding hydrogens is 530 g/mol. The topological polar surface area (TPSA) is 3.24 Å². The summed E-state index contributed by atoms with van der Waals surface area (Å²) in [7, 11) is 0. The largest absolute Gasteiger partial charge is 0.309 e. The first-order valence-electron chi connectivity index (χ1n) is 16.3. The van der Waals surface area contributed by atoms with E-state index in [1.165, 1.54) is 83.5 Å². The molecule has 0 bridgehead atoms. The molecule has 3 aliphatic heterocycles. The van der Waals surface area contributed by atoms with Gasteiger partial charge in [-0.05, 0) is 104 Å². The Kier molecular flexibility index (Phi) is 4.99. The number of allylic oxidation sites excluding steroid dienone is 4. The van der Waals surface area contributed by atoms with Gasteiger partial charge in [0.1, 0.15) is 0 Å². The van der Waals surface area contributed by atoms with E-state index in [0.717, 1.165) is 12.8 Å².